The summed E-state index contributed by atoms with van der Waals surface area (Å²) in [6.07, 6.45) is 8.31. The second-order valence-electron chi connectivity index (χ2n) is 7.57. The predicted octanol–water partition coefficient (Wildman–Crippen LogP) is 6.44. The molecule has 0 radical (unpaired) electrons. The smallest absolute Gasteiger partial charge is 1.00 e. The average molecular weight is 521 g/mol. The second-order valence-corrected chi connectivity index (χ2v) is 7.57. The molecule has 34 heavy (non-hydrogen) atoms. The van der Waals surface area contributed by atoms with Gasteiger partial charge in [-0.1, -0.05) is 67.5 Å². The van der Waals surface area contributed by atoms with Crippen LogP contribution in [-0.4, -0.2) is 63.7 Å². The zero-order chi connectivity index (χ0) is 26.7. The first-order chi connectivity index (χ1) is 14.8. The number of rotatable bonds is 8. The van der Waals surface area contributed by atoms with Gasteiger partial charge in [-0.25, -0.2) is 9.59 Å². The van der Waals surface area contributed by atoms with E-state index in [0.717, 1.165) is 25.2 Å². The first-order valence-corrected chi connectivity index (χ1v) is 11.4. The molecule has 2 atom stereocenters. The van der Waals surface area contributed by atoms with Gasteiger partial charge in [-0.3, -0.25) is 0 Å². The van der Waals surface area contributed by atoms with Crippen LogP contribution in [0, 0.1) is 24.7 Å². The number of esters is 1. The third kappa shape index (κ3) is 52.8. The predicted molar refractivity (Wildman–Crippen MR) is 149 cm³/mol. The van der Waals surface area contributed by atoms with Gasteiger partial charge in [0.25, 0.3) is 0 Å². The van der Waals surface area contributed by atoms with Crippen LogP contribution in [0.2, 0.25) is 0 Å². The number of hydrogen-bond donors (Lipinski definition) is 2. The molecule has 6 nitrogen and oxygen atoms in total. The molecule has 0 aliphatic rings. The number of aldehydes is 1. The molecule has 0 aromatic carbocycles. The maximum Gasteiger partial charge on any atom is 2.00 e. The Morgan fingerprint density at radius 2 is 1.29 bits per heavy atom. The zero-order valence-corrected chi connectivity index (χ0v) is 25.8. The molecule has 0 fully saturated rings. The van der Waals surface area contributed by atoms with Crippen LogP contribution in [0.15, 0.2) is 24.3 Å². The van der Waals surface area contributed by atoms with E-state index in [9.17, 15) is 14.4 Å². The third-order valence-electron chi connectivity index (χ3n) is 3.49. The number of carbonyl (C=O) groups is 3. The molecule has 0 aliphatic carbocycles. The standard InChI is InChI=1S/C10H18O2.C6H14O.C4H6O2.C4H8O.C2H5.ClH.Mg.H/c1-5-7-10(11)12-9(6-2)8(3)4;1-4-6(7)5(2)3;1-2-3-4(5)6;1-4(2)3-5;1-2;;;/h5,7-9H,6H2,1-4H3;5-7H,4H2,1-3H3;2-3H,1H3,(H,5,6);3-4H,1-2H3;1H2,2H3;1H;;/q;;;;-1;;+2;-1/b7-5+;;3-2+;;;;;. The maximum absolute atomic E-state index is 11.0. The monoisotopic (exact) mass is 520 g/mol. The molecule has 202 valence electrons. The number of aliphatic carboxylic acids is 1. The minimum atomic E-state index is -0.891. The Kier molecular flexibility index (Phi) is 57.9. The Bertz CT molecular complexity index is 484. The van der Waals surface area contributed by atoms with Crippen LogP contribution in [0.25, 0.3) is 0 Å². The Balaban J connectivity index is -0.0000000463. The van der Waals surface area contributed by atoms with Crippen molar-refractivity contribution in [3.8, 4) is 0 Å². The summed E-state index contributed by atoms with van der Waals surface area (Å²) < 4.78 is 5.18. The van der Waals surface area contributed by atoms with Gasteiger partial charge in [0.15, 0.2) is 0 Å². The van der Waals surface area contributed by atoms with Crippen LogP contribution in [0.3, 0.4) is 0 Å². The molecule has 0 rings (SSSR count). The Morgan fingerprint density at radius 1 is 0.912 bits per heavy atom. The Labute approximate surface area is 234 Å². The van der Waals surface area contributed by atoms with Crippen molar-refractivity contribution in [1.82, 2.24) is 0 Å². The van der Waals surface area contributed by atoms with Gasteiger partial charge >= 0.3 is 35.0 Å². The maximum atomic E-state index is 11.0. The van der Waals surface area contributed by atoms with Crippen molar-refractivity contribution >= 4 is 53.7 Å². The Hall–Kier alpha value is -0.894. The molecule has 0 saturated carbocycles. The van der Waals surface area contributed by atoms with Crippen molar-refractivity contribution in [1.29, 1.82) is 0 Å². The van der Waals surface area contributed by atoms with Gasteiger partial charge < -0.3 is 28.1 Å². The van der Waals surface area contributed by atoms with Crippen molar-refractivity contribution in [2.24, 2.45) is 17.8 Å². The molecule has 0 saturated heterocycles. The van der Waals surface area contributed by atoms with Gasteiger partial charge in [0.2, 0.25) is 0 Å². The molecule has 0 amide bonds. The fourth-order valence-corrected chi connectivity index (χ4v) is 1.63. The minimum absolute atomic E-state index is 0. The van der Waals surface area contributed by atoms with Crippen LogP contribution >= 0.6 is 12.4 Å². The van der Waals surface area contributed by atoms with Gasteiger partial charge in [0.05, 0.1) is 6.10 Å². The molecule has 0 heterocycles. The largest absolute Gasteiger partial charge is 2.00 e. The number of carboxylic acid groups (broad SMARTS) is 1. The van der Waals surface area contributed by atoms with Crippen molar-refractivity contribution in [3.05, 3.63) is 31.2 Å². The first kappa shape index (κ1) is 50.1. The van der Waals surface area contributed by atoms with E-state index in [1.54, 1.807) is 26.8 Å². The van der Waals surface area contributed by atoms with Crippen LogP contribution < -0.4 is 0 Å². The fraction of sp³-hybridized carbons (Fsp3) is 0.692. The number of aliphatic hydroxyl groups is 1. The van der Waals surface area contributed by atoms with Gasteiger partial charge in [-0.15, -0.1) is 12.4 Å². The second kappa shape index (κ2) is 39.3. The molecule has 0 spiro atoms. The molecule has 2 unspecified atom stereocenters. The number of ether oxygens (including phenoxy) is 1. The number of hydrogen-bond acceptors (Lipinski definition) is 5. The number of carboxylic acids is 1. The molecule has 0 aromatic rings. The summed E-state index contributed by atoms with van der Waals surface area (Å²) in [5, 5.41) is 16.8. The van der Waals surface area contributed by atoms with Crippen molar-refractivity contribution in [3.63, 3.8) is 0 Å². The van der Waals surface area contributed by atoms with Crippen LogP contribution in [-0.2, 0) is 19.1 Å². The van der Waals surface area contributed by atoms with Crippen LogP contribution in [0.1, 0.15) is 90.4 Å². The van der Waals surface area contributed by atoms with E-state index in [4.69, 9.17) is 14.9 Å². The van der Waals surface area contributed by atoms with E-state index in [2.05, 4.69) is 20.8 Å². The zero-order valence-electron chi connectivity index (χ0n) is 24.5. The number of carbonyl (C=O) groups excluding carboxylic acids is 2. The van der Waals surface area contributed by atoms with E-state index in [0.29, 0.717) is 11.8 Å². The quantitative estimate of drug-likeness (QED) is 0.125. The topological polar surface area (TPSA) is 101 Å². The summed E-state index contributed by atoms with van der Waals surface area (Å²) in [6, 6.07) is 0. The van der Waals surface area contributed by atoms with E-state index in [1.165, 1.54) is 12.2 Å². The van der Waals surface area contributed by atoms with E-state index >= 15 is 0 Å². The van der Waals surface area contributed by atoms with Gasteiger partial charge in [-0.2, -0.15) is 6.92 Å². The Morgan fingerprint density at radius 3 is 1.41 bits per heavy atom. The number of aliphatic hydroxyl groups excluding tert-OH is 1. The van der Waals surface area contributed by atoms with Crippen molar-refractivity contribution < 1.29 is 30.8 Å². The van der Waals surface area contributed by atoms with Gasteiger partial charge in [-0.05, 0) is 38.5 Å². The fourth-order valence-electron chi connectivity index (χ4n) is 1.63. The summed E-state index contributed by atoms with van der Waals surface area (Å²) in [6.45, 7) is 24.3. The molecule has 0 aromatic heterocycles. The van der Waals surface area contributed by atoms with Crippen LogP contribution in [0.4, 0.5) is 0 Å². The van der Waals surface area contributed by atoms with Crippen molar-refractivity contribution in [2.75, 3.05) is 0 Å². The minimum Gasteiger partial charge on any atom is -1.00 e. The molecular formula is C26H53ClMgO6. The third-order valence-corrected chi connectivity index (χ3v) is 3.49. The van der Waals surface area contributed by atoms with E-state index in [1.807, 2.05) is 41.5 Å². The molecule has 0 bridgehead atoms. The summed E-state index contributed by atoms with van der Waals surface area (Å²) >= 11 is 0. The van der Waals surface area contributed by atoms with E-state index in [-0.39, 0.29) is 61.0 Å². The summed E-state index contributed by atoms with van der Waals surface area (Å²) in [5.41, 5.74) is 0. The summed E-state index contributed by atoms with van der Waals surface area (Å²) in [4.78, 5) is 30.0. The first-order valence-electron chi connectivity index (χ1n) is 11.4. The normalized spacial score (nSPS) is 11.1. The number of allylic oxidation sites excluding steroid dienone is 2. The molecule has 0 aliphatic heterocycles. The van der Waals surface area contributed by atoms with E-state index < -0.39 is 5.97 Å². The SMILES string of the molecule is C/C=C/C(=O)O.C/C=C/C(=O)OC(CC)C(C)C.CC(C)C=O.CCC(O)C(C)C.Cl.[CH2-]C.[H-].[Mg+2]. The average Bonchev–Trinajstić information content (AvgIpc) is 2.73. The molecule has 2 N–H and O–H groups in total. The van der Waals surface area contributed by atoms with Crippen LogP contribution in [0.5, 0.6) is 0 Å². The van der Waals surface area contributed by atoms with Gasteiger partial charge in [0.1, 0.15) is 12.4 Å². The summed E-state index contributed by atoms with van der Waals surface area (Å²) in [5.74, 6) is -0.111. The molecular weight excluding hydrogens is 468 g/mol. The number of halogens is 1. The van der Waals surface area contributed by atoms with Crippen molar-refractivity contribution in [2.45, 2.75) is 101 Å². The molecule has 8 heteroatoms. The summed E-state index contributed by atoms with van der Waals surface area (Å²) in [7, 11) is 0. The van der Waals surface area contributed by atoms with Gasteiger partial charge in [0, 0.05) is 18.1 Å².